The van der Waals surface area contributed by atoms with Crippen molar-refractivity contribution in [2.24, 2.45) is 5.92 Å². The minimum absolute atomic E-state index is 0.151. The van der Waals surface area contributed by atoms with Crippen LogP contribution in [0.2, 0.25) is 0 Å². The van der Waals surface area contributed by atoms with Crippen LogP contribution in [-0.2, 0) is 16.0 Å². The number of halogens is 1. The molecule has 1 aromatic rings. The zero-order chi connectivity index (χ0) is 16.3. The minimum Gasteiger partial charge on any atom is -0.444 e. The minimum atomic E-state index is -0.514. The monoisotopic (exact) mass is 367 g/mol. The van der Waals surface area contributed by atoms with E-state index in [1.165, 1.54) is 0 Å². The molecule has 0 bridgehead atoms. The molecule has 120 valence electrons. The molecule has 1 aliphatic heterocycles. The Bertz CT molecular complexity index is 548. The molecule has 1 saturated heterocycles. The highest BCUT2D eigenvalue weighted by molar-refractivity contribution is 9.10. The maximum atomic E-state index is 12.1. The summed E-state index contributed by atoms with van der Waals surface area (Å²) < 4.78 is 6.41. The summed E-state index contributed by atoms with van der Waals surface area (Å²) in [6.07, 6.45) is 0.729. The van der Waals surface area contributed by atoms with E-state index in [0.29, 0.717) is 25.9 Å². The van der Waals surface area contributed by atoms with Crippen molar-refractivity contribution in [3.8, 4) is 0 Å². The third kappa shape index (κ3) is 4.83. The van der Waals surface area contributed by atoms with E-state index in [-0.39, 0.29) is 17.8 Å². The van der Waals surface area contributed by atoms with Crippen LogP contribution in [0.5, 0.6) is 0 Å². The molecule has 0 radical (unpaired) electrons. The van der Waals surface area contributed by atoms with Gasteiger partial charge in [-0.25, -0.2) is 4.79 Å². The molecule has 0 N–H and O–H groups in total. The second kappa shape index (κ2) is 6.82. The normalized spacial score (nSPS) is 19.2. The van der Waals surface area contributed by atoms with E-state index >= 15 is 0 Å². The van der Waals surface area contributed by atoms with Crippen molar-refractivity contribution < 1.29 is 14.3 Å². The van der Waals surface area contributed by atoms with E-state index in [1.807, 2.05) is 45.0 Å². The van der Waals surface area contributed by atoms with Crippen molar-refractivity contribution in [1.29, 1.82) is 0 Å². The molecule has 1 aliphatic rings. The van der Waals surface area contributed by atoms with Gasteiger partial charge < -0.3 is 9.64 Å². The number of hydrogen-bond donors (Lipinski definition) is 0. The third-order valence-corrected chi connectivity index (χ3v) is 4.10. The van der Waals surface area contributed by atoms with Gasteiger partial charge in [-0.2, -0.15) is 0 Å². The van der Waals surface area contributed by atoms with Crippen LogP contribution >= 0.6 is 15.9 Å². The second-order valence-electron chi connectivity index (χ2n) is 6.67. The average molecular weight is 368 g/mol. The molecule has 1 fully saturated rings. The zero-order valence-electron chi connectivity index (χ0n) is 13.3. The van der Waals surface area contributed by atoms with Crippen molar-refractivity contribution in [1.82, 2.24) is 4.90 Å². The fourth-order valence-corrected chi connectivity index (χ4v) is 2.75. The number of benzene rings is 1. The van der Waals surface area contributed by atoms with Crippen molar-refractivity contribution in [3.63, 3.8) is 0 Å². The van der Waals surface area contributed by atoms with E-state index in [2.05, 4.69) is 15.9 Å². The first-order valence-electron chi connectivity index (χ1n) is 7.50. The summed E-state index contributed by atoms with van der Waals surface area (Å²) in [5, 5.41) is 0. The number of carbonyl (C=O) groups excluding carboxylic acids is 2. The van der Waals surface area contributed by atoms with Gasteiger partial charge >= 0.3 is 6.09 Å². The molecule has 2 rings (SSSR count). The van der Waals surface area contributed by atoms with E-state index < -0.39 is 5.60 Å². The molecule has 0 saturated carbocycles. The number of nitrogens with zero attached hydrogens (tertiary/aromatic N) is 1. The lowest BCUT2D eigenvalue weighted by atomic mass is 9.90. The zero-order valence-corrected chi connectivity index (χ0v) is 14.9. The fraction of sp³-hybridized carbons (Fsp3) is 0.529. The topological polar surface area (TPSA) is 46.6 Å². The van der Waals surface area contributed by atoms with Crippen LogP contribution < -0.4 is 0 Å². The molecular weight excluding hydrogens is 346 g/mol. The predicted octanol–water partition coefficient (Wildman–Crippen LogP) is 3.82. The number of piperidine rings is 1. The van der Waals surface area contributed by atoms with Gasteiger partial charge in [0.15, 0.2) is 0 Å². The first-order valence-corrected chi connectivity index (χ1v) is 8.29. The molecule has 1 amide bonds. The van der Waals surface area contributed by atoms with Gasteiger partial charge in [0, 0.05) is 29.9 Å². The van der Waals surface area contributed by atoms with E-state index in [0.717, 1.165) is 10.0 Å². The Morgan fingerprint density at radius 2 is 1.95 bits per heavy atom. The quantitative estimate of drug-likeness (QED) is 0.797. The Hall–Kier alpha value is -1.36. The summed E-state index contributed by atoms with van der Waals surface area (Å²) >= 11 is 3.40. The number of carbonyl (C=O) groups is 2. The summed E-state index contributed by atoms with van der Waals surface area (Å²) in [7, 11) is 0. The molecule has 5 heteroatoms. The Morgan fingerprint density at radius 1 is 1.32 bits per heavy atom. The summed E-state index contributed by atoms with van der Waals surface area (Å²) in [6, 6.07) is 7.94. The van der Waals surface area contributed by atoms with Gasteiger partial charge in [-0.1, -0.05) is 28.1 Å². The Labute approximate surface area is 140 Å². The van der Waals surface area contributed by atoms with Gasteiger partial charge in [0.05, 0.1) is 0 Å². The Kier molecular flexibility index (Phi) is 5.27. The maximum Gasteiger partial charge on any atom is 0.410 e. The molecule has 0 unspecified atom stereocenters. The summed E-state index contributed by atoms with van der Waals surface area (Å²) in [5.41, 5.74) is 0.590. The van der Waals surface area contributed by atoms with Gasteiger partial charge in [-0.05, 0) is 44.9 Å². The largest absolute Gasteiger partial charge is 0.444 e. The predicted molar refractivity (Wildman–Crippen MR) is 88.8 cm³/mol. The van der Waals surface area contributed by atoms with Crippen LogP contribution in [0, 0.1) is 5.92 Å². The van der Waals surface area contributed by atoms with Crippen LogP contribution in [0.1, 0.15) is 32.8 Å². The number of ketones is 1. The molecule has 4 nitrogen and oxygen atoms in total. The Balaban J connectivity index is 2.00. The van der Waals surface area contributed by atoms with Gasteiger partial charge in [0.2, 0.25) is 0 Å². The number of likely N-dealkylation sites (tertiary alicyclic amines) is 1. The van der Waals surface area contributed by atoms with Crippen molar-refractivity contribution in [2.75, 3.05) is 13.1 Å². The van der Waals surface area contributed by atoms with Crippen molar-refractivity contribution >= 4 is 27.8 Å². The lowest BCUT2D eigenvalue weighted by Crippen LogP contribution is -2.46. The van der Waals surface area contributed by atoms with Crippen molar-refractivity contribution in [3.05, 3.63) is 34.3 Å². The third-order valence-electron chi connectivity index (χ3n) is 3.57. The van der Waals surface area contributed by atoms with Gasteiger partial charge in [0.1, 0.15) is 11.4 Å². The van der Waals surface area contributed by atoms with Gasteiger partial charge in [-0.3, -0.25) is 4.79 Å². The van der Waals surface area contributed by atoms with E-state index in [4.69, 9.17) is 4.74 Å². The van der Waals surface area contributed by atoms with E-state index in [9.17, 15) is 9.59 Å². The number of ether oxygens (including phenoxy) is 1. The molecule has 0 spiro atoms. The van der Waals surface area contributed by atoms with Crippen LogP contribution in [-0.4, -0.2) is 35.5 Å². The van der Waals surface area contributed by atoms with Gasteiger partial charge in [0.25, 0.3) is 0 Å². The summed E-state index contributed by atoms with van der Waals surface area (Å²) in [5.74, 6) is 0.0742. The highest BCUT2D eigenvalue weighted by Crippen LogP contribution is 2.21. The first-order chi connectivity index (χ1) is 10.2. The van der Waals surface area contributed by atoms with Crippen LogP contribution in [0.3, 0.4) is 0 Å². The maximum absolute atomic E-state index is 12.1. The average Bonchev–Trinajstić information content (AvgIpc) is 2.41. The molecule has 0 aliphatic carbocycles. The second-order valence-corrected chi connectivity index (χ2v) is 7.59. The molecular formula is C17H22BrNO3. The van der Waals surface area contributed by atoms with Crippen molar-refractivity contribution in [2.45, 2.75) is 39.2 Å². The van der Waals surface area contributed by atoms with Crippen LogP contribution in [0.4, 0.5) is 4.79 Å². The van der Waals surface area contributed by atoms with Crippen LogP contribution in [0.15, 0.2) is 28.7 Å². The fourth-order valence-electron chi connectivity index (χ4n) is 2.48. The summed E-state index contributed by atoms with van der Waals surface area (Å²) in [4.78, 5) is 25.9. The number of amides is 1. The lowest BCUT2D eigenvalue weighted by molar-refractivity contribution is -0.125. The number of rotatable bonds is 2. The molecule has 1 heterocycles. The Morgan fingerprint density at radius 3 is 2.55 bits per heavy atom. The van der Waals surface area contributed by atoms with E-state index in [1.54, 1.807) is 4.90 Å². The lowest BCUT2D eigenvalue weighted by Gasteiger charge is -2.33. The highest BCUT2D eigenvalue weighted by Gasteiger charge is 2.32. The standard InChI is InChI=1S/C17H22BrNO3/c1-17(2,3)22-16(21)19-9-8-15(20)13(11-19)10-12-4-6-14(18)7-5-12/h4-7,13H,8-11H2,1-3H3/t13-/m0/s1. The smallest absolute Gasteiger partial charge is 0.410 e. The summed E-state index contributed by atoms with van der Waals surface area (Å²) in [6.45, 7) is 6.42. The molecule has 1 atom stereocenters. The first kappa shape index (κ1) is 17.0. The molecule has 0 aromatic heterocycles. The highest BCUT2D eigenvalue weighted by atomic mass is 79.9. The van der Waals surface area contributed by atoms with Crippen LogP contribution in [0.25, 0.3) is 0 Å². The SMILES string of the molecule is CC(C)(C)OC(=O)N1CCC(=O)[C@@H](Cc2ccc(Br)cc2)C1. The van der Waals surface area contributed by atoms with Gasteiger partial charge in [-0.15, -0.1) is 0 Å². The molecule has 22 heavy (non-hydrogen) atoms. The number of Topliss-reactive ketones (excluding diaryl/α,β-unsaturated/α-hetero) is 1. The number of hydrogen-bond acceptors (Lipinski definition) is 3. The molecule has 1 aromatic carbocycles.